The van der Waals surface area contributed by atoms with E-state index in [1.807, 2.05) is 18.2 Å². The zero-order valence-electron chi connectivity index (χ0n) is 8.60. The van der Waals surface area contributed by atoms with Gasteiger partial charge >= 0.3 is 0 Å². The first-order chi connectivity index (χ1) is 7.98. The molecule has 0 saturated heterocycles. The molecule has 0 aliphatic rings. The van der Waals surface area contributed by atoms with Crippen LogP contribution < -0.4 is 0 Å². The van der Waals surface area contributed by atoms with Crippen LogP contribution in [0.15, 0.2) is 53.4 Å². The predicted octanol–water partition coefficient (Wildman–Crippen LogP) is 3.93. The third kappa shape index (κ3) is 2.80. The van der Waals surface area contributed by atoms with Gasteiger partial charge in [0.25, 0.3) is 9.05 Å². The summed E-state index contributed by atoms with van der Waals surface area (Å²) in [4.78, 5) is 0.0787. The van der Waals surface area contributed by atoms with Gasteiger partial charge in [-0.25, -0.2) is 8.42 Å². The van der Waals surface area contributed by atoms with Crippen molar-refractivity contribution in [1.29, 1.82) is 0 Å². The molecule has 0 N–H and O–H groups in total. The van der Waals surface area contributed by atoms with Gasteiger partial charge in [-0.05, 0) is 23.8 Å². The van der Waals surface area contributed by atoms with E-state index in [0.29, 0.717) is 5.02 Å². The molecule has 0 bridgehead atoms. The fourth-order valence-electron chi connectivity index (χ4n) is 1.49. The second kappa shape index (κ2) is 4.69. The molecule has 2 nitrogen and oxygen atoms in total. The largest absolute Gasteiger partial charge is 0.261 e. The Labute approximate surface area is 109 Å². The van der Waals surface area contributed by atoms with Crippen molar-refractivity contribution in [1.82, 2.24) is 0 Å². The van der Waals surface area contributed by atoms with Crippen molar-refractivity contribution in [2.75, 3.05) is 0 Å². The maximum atomic E-state index is 11.1. The SMILES string of the molecule is O=S(=O)(Cl)c1ccc(-c2ccccc2Cl)cc1. The Kier molecular flexibility index (Phi) is 3.43. The molecule has 17 heavy (non-hydrogen) atoms. The zero-order chi connectivity index (χ0) is 12.5. The number of rotatable bonds is 2. The van der Waals surface area contributed by atoms with Crippen molar-refractivity contribution < 1.29 is 8.42 Å². The maximum Gasteiger partial charge on any atom is 0.261 e. The first-order valence-corrected chi connectivity index (χ1v) is 7.47. The molecule has 0 aromatic heterocycles. The molecule has 0 aliphatic heterocycles. The molecule has 0 unspecified atom stereocenters. The molecule has 88 valence electrons. The lowest BCUT2D eigenvalue weighted by atomic mass is 10.1. The molecule has 0 saturated carbocycles. The third-order valence-corrected chi connectivity index (χ3v) is 4.02. The Balaban J connectivity index is 2.47. The van der Waals surface area contributed by atoms with E-state index in [1.165, 1.54) is 12.1 Å². The van der Waals surface area contributed by atoms with Gasteiger partial charge in [-0.15, -0.1) is 0 Å². The fraction of sp³-hybridized carbons (Fsp3) is 0. The molecule has 0 spiro atoms. The Hall–Kier alpha value is -1.03. The summed E-state index contributed by atoms with van der Waals surface area (Å²) in [5, 5.41) is 0.619. The number of hydrogen-bond donors (Lipinski definition) is 0. The second-order valence-corrected chi connectivity index (χ2v) is 6.42. The molecule has 2 rings (SSSR count). The standard InChI is InChI=1S/C12H8Cl2O2S/c13-12-4-2-1-3-11(12)9-5-7-10(8-6-9)17(14,15)16/h1-8H. The van der Waals surface area contributed by atoms with E-state index in [1.54, 1.807) is 18.2 Å². The van der Waals surface area contributed by atoms with E-state index in [0.717, 1.165) is 11.1 Å². The van der Waals surface area contributed by atoms with E-state index < -0.39 is 9.05 Å². The third-order valence-electron chi connectivity index (χ3n) is 2.32. The highest BCUT2D eigenvalue weighted by Crippen LogP contribution is 2.28. The number of halogens is 2. The Bertz CT molecular complexity index is 634. The molecular formula is C12H8Cl2O2S. The van der Waals surface area contributed by atoms with Crippen LogP contribution in [0.5, 0.6) is 0 Å². The van der Waals surface area contributed by atoms with Crippen LogP contribution in [0.2, 0.25) is 5.02 Å². The Morgan fingerprint density at radius 3 is 2.00 bits per heavy atom. The Morgan fingerprint density at radius 2 is 1.47 bits per heavy atom. The minimum Gasteiger partial charge on any atom is -0.207 e. The van der Waals surface area contributed by atoms with Crippen molar-refractivity contribution in [2.45, 2.75) is 4.90 Å². The Morgan fingerprint density at radius 1 is 0.882 bits per heavy atom. The average Bonchev–Trinajstić information content (AvgIpc) is 2.29. The number of hydrogen-bond acceptors (Lipinski definition) is 2. The maximum absolute atomic E-state index is 11.1. The van der Waals surface area contributed by atoms with Crippen LogP contribution in [-0.2, 0) is 9.05 Å². The molecule has 0 amide bonds. The minimum absolute atomic E-state index is 0.0787. The van der Waals surface area contributed by atoms with E-state index in [-0.39, 0.29) is 4.90 Å². The molecule has 0 radical (unpaired) electrons. The normalized spacial score (nSPS) is 11.4. The van der Waals surface area contributed by atoms with Crippen LogP contribution in [-0.4, -0.2) is 8.42 Å². The predicted molar refractivity (Wildman–Crippen MR) is 69.9 cm³/mol. The van der Waals surface area contributed by atoms with Gasteiger partial charge in [0, 0.05) is 21.3 Å². The van der Waals surface area contributed by atoms with E-state index in [2.05, 4.69) is 0 Å². The highest BCUT2D eigenvalue weighted by Gasteiger charge is 2.10. The lowest BCUT2D eigenvalue weighted by Gasteiger charge is -2.04. The molecular weight excluding hydrogens is 279 g/mol. The van der Waals surface area contributed by atoms with E-state index in [9.17, 15) is 8.42 Å². The first-order valence-electron chi connectivity index (χ1n) is 4.78. The van der Waals surface area contributed by atoms with Gasteiger partial charge in [0.1, 0.15) is 0 Å². The van der Waals surface area contributed by atoms with Crippen molar-refractivity contribution in [2.24, 2.45) is 0 Å². The lowest BCUT2D eigenvalue weighted by Crippen LogP contribution is -1.89. The molecule has 5 heteroatoms. The molecule has 0 fully saturated rings. The van der Waals surface area contributed by atoms with Crippen molar-refractivity contribution in [3.05, 3.63) is 53.6 Å². The van der Waals surface area contributed by atoms with Gasteiger partial charge in [0.05, 0.1) is 4.90 Å². The molecule has 2 aromatic carbocycles. The summed E-state index contributed by atoms with van der Waals surface area (Å²) in [5.74, 6) is 0. The fourth-order valence-corrected chi connectivity index (χ4v) is 2.51. The van der Waals surface area contributed by atoms with Crippen molar-refractivity contribution in [3.63, 3.8) is 0 Å². The quantitative estimate of drug-likeness (QED) is 0.784. The molecule has 0 atom stereocenters. The molecule has 2 aromatic rings. The summed E-state index contributed by atoms with van der Waals surface area (Å²) >= 11 is 6.04. The summed E-state index contributed by atoms with van der Waals surface area (Å²) in [5.41, 5.74) is 1.70. The first kappa shape index (κ1) is 12.4. The number of benzene rings is 2. The highest BCUT2D eigenvalue weighted by atomic mass is 35.7. The average molecular weight is 287 g/mol. The summed E-state index contributed by atoms with van der Waals surface area (Å²) in [6, 6.07) is 13.6. The van der Waals surface area contributed by atoms with Crippen LogP contribution in [0.25, 0.3) is 11.1 Å². The van der Waals surface area contributed by atoms with Gasteiger partial charge in [-0.3, -0.25) is 0 Å². The van der Waals surface area contributed by atoms with Crippen molar-refractivity contribution >= 4 is 31.3 Å². The van der Waals surface area contributed by atoms with Gasteiger partial charge in [-0.1, -0.05) is 41.9 Å². The lowest BCUT2D eigenvalue weighted by molar-refractivity contribution is 0.609. The van der Waals surface area contributed by atoms with Crippen LogP contribution in [0, 0.1) is 0 Å². The smallest absolute Gasteiger partial charge is 0.207 e. The van der Waals surface area contributed by atoms with Gasteiger partial charge in [-0.2, -0.15) is 0 Å². The highest BCUT2D eigenvalue weighted by molar-refractivity contribution is 8.13. The molecule has 0 heterocycles. The van der Waals surface area contributed by atoms with Crippen LogP contribution in [0.3, 0.4) is 0 Å². The summed E-state index contributed by atoms with van der Waals surface area (Å²) in [6.07, 6.45) is 0. The second-order valence-electron chi connectivity index (χ2n) is 3.44. The van der Waals surface area contributed by atoms with Gasteiger partial charge in [0.2, 0.25) is 0 Å². The van der Waals surface area contributed by atoms with Gasteiger partial charge < -0.3 is 0 Å². The topological polar surface area (TPSA) is 34.1 Å². The van der Waals surface area contributed by atoms with Gasteiger partial charge in [0.15, 0.2) is 0 Å². The van der Waals surface area contributed by atoms with Crippen LogP contribution in [0.1, 0.15) is 0 Å². The van der Waals surface area contributed by atoms with E-state index >= 15 is 0 Å². The summed E-state index contributed by atoms with van der Waals surface area (Å²) < 4.78 is 22.2. The van der Waals surface area contributed by atoms with E-state index in [4.69, 9.17) is 22.3 Å². The minimum atomic E-state index is -3.67. The monoisotopic (exact) mass is 286 g/mol. The van der Waals surface area contributed by atoms with Crippen LogP contribution >= 0.6 is 22.3 Å². The summed E-state index contributed by atoms with van der Waals surface area (Å²) in [7, 11) is 1.56. The molecule has 0 aliphatic carbocycles. The zero-order valence-corrected chi connectivity index (χ0v) is 10.9. The van der Waals surface area contributed by atoms with Crippen LogP contribution in [0.4, 0.5) is 0 Å². The summed E-state index contributed by atoms with van der Waals surface area (Å²) in [6.45, 7) is 0. The van der Waals surface area contributed by atoms with Crippen molar-refractivity contribution in [3.8, 4) is 11.1 Å².